The summed E-state index contributed by atoms with van der Waals surface area (Å²) in [4.78, 5) is 2.48. The smallest absolute Gasteiger partial charge is 0.124 e. The van der Waals surface area contributed by atoms with E-state index in [1.807, 2.05) is 6.07 Å². The zero-order valence-electron chi connectivity index (χ0n) is 16.7. The molecule has 4 nitrogen and oxygen atoms in total. The Bertz CT molecular complexity index is 923. The Morgan fingerprint density at radius 1 is 0.966 bits per heavy atom. The van der Waals surface area contributed by atoms with E-state index in [1.165, 1.54) is 28.5 Å². The molecule has 0 aliphatic carbocycles. The van der Waals surface area contributed by atoms with E-state index in [2.05, 4.69) is 45.9 Å². The monoisotopic (exact) mass is 393 g/mol. The Labute approximate surface area is 171 Å². The van der Waals surface area contributed by atoms with Gasteiger partial charge < -0.3 is 15.4 Å². The summed E-state index contributed by atoms with van der Waals surface area (Å²) in [6.07, 6.45) is 0. The lowest BCUT2D eigenvalue weighted by Gasteiger charge is -2.27. The molecule has 1 saturated heterocycles. The Morgan fingerprint density at radius 3 is 2.59 bits per heavy atom. The number of ether oxygens (including phenoxy) is 1. The zero-order valence-corrected chi connectivity index (χ0v) is 16.7. The first-order valence-corrected chi connectivity index (χ1v) is 10.3. The predicted octanol–water partition coefficient (Wildman–Crippen LogP) is 3.55. The average molecular weight is 394 g/mol. The lowest BCUT2D eigenvalue weighted by molar-refractivity contribution is 0.240. The van der Waals surface area contributed by atoms with Crippen molar-refractivity contribution in [3.05, 3.63) is 77.6 Å². The van der Waals surface area contributed by atoms with Crippen molar-refractivity contribution < 1.29 is 9.13 Å². The summed E-state index contributed by atoms with van der Waals surface area (Å²) in [7, 11) is 0. The second-order valence-corrected chi connectivity index (χ2v) is 7.45. The van der Waals surface area contributed by atoms with Crippen molar-refractivity contribution in [1.29, 1.82) is 0 Å². The number of benzene rings is 3. The number of nitrogens with one attached hydrogen (secondary N) is 2. The molecule has 3 aromatic carbocycles. The number of rotatable bonds is 8. The normalized spacial score (nSPS) is 14.9. The maximum Gasteiger partial charge on any atom is 0.124 e. The van der Waals surface area contributed by atoms with Gasteiger partial charge >= 0.3 is 0 Å². The quantitative estimate of drug-likeness (QED) is 0.574. The van der Waals surface area contributed by atoms with Crippen molar-refractivity contribution in [1.82, 2.24) is 15.5 Å². The molecule has 2 N–H and O–H groups in total. The predicted molar refractivity (Wildman–Crippen MR) is 116 cm³/mol. The van der Waals surface area contributed by atoms with Crippen LogP contribution >= 0.6 is 0 Å². The summed E-state index contributed by atoms with van der Waals surface area (Å²) in [6, 6.07) is 19.0. The summed E-state index contributed by atoms with van der Waals surface area (Å²) >= 11 is 0. The number of fused-ring (bicyclic) bond motifs is 1. The first kappa shape index (κ1) is 19.8. The standard InChI is InChI=1S/C24H28FN3O/c25-21-8-5-19(6-9-21)18-29-24-10-7-20-3-1-2-4-22(20)23(24)17-27-13-16-28-14-11-26-12-15-28/h1-10,26-27H,11-18H2. The summed E-state index contributed by atoms with van der Waals surface area (Å²) in [6.45, 7) is 7.55. The van der Waals surface area contributed by atoms with Gasteiger partial charge in [-0.25, -0.2) is 4.39 Å². The van der Waals surface area contributed by atoms with E-state index in [9.17, 15) is 4.39 Å². The van der Waals surface area contributed by atoms with E-state index < -0.39 is 0 Å². The Morgan fingerprint density at radius 2 is 1.76 bits per heavy atom. The molecule has 0 saturated carbocycles. The fourth-order valence-corrected chi connectivity index (χ4v) is 3.76. The number of nitrogens with zero attached hydrogens (tertiary/aromatic N) is 1. The second-order valence-electron chi connectivity index (χ2n) is 7.45. The summed E-state index contributed by atoms with van der Waals surface area (Å²) < 4.78 is 19.3. The van der Waals surface area contributed by atoms with Crippen LogP contribution in [0.5, 0.6) is 5.75 Å². The molecule has 1 aliphatic heterocycles. The van der Waals surface area contributed by atoms with Gasteiger partial charge in [0.15, 0.2) is 0 Å². The molecule has 1 heterocycles. The van der Waals surface area contributed by atoms with E-state index in [1.54, 1.807) is 12.1 Å². The van der Waals surface area contributed by atoms with Gasteiger partial charge in [-0.15, -0.1) is 0 Å². The highest BCUT2D eigenvalue weighted by Gasteiger charge is 2.11. The second kappa shape index (κ2) is 9.83. The molecular formula is C24H28FN3O. The van der Waals surface area contributed by atoms with Crippen molar-refractivity contribution in [3.63, 3.8) is 0 Å². The van der Waals surface area contributed by atoms with Crippen molar-refractivity contribution >= 4 is 10.8 Å². The molecule has 0 spiro atoms. The average Bonchev–Trinajstić information content (AvgIpc) is 2.77. The minimum Gasteiger partial charge on any atom is -0.489 e. The number of piperazine rings is 1. The lowest BCUT2D eigenvalue weighted by atomic mass is 10.0. The van der Waals surface area contributed by atoms with Gasteiger partial charge in [-0.1, -0.05) is 42.5 Å². The van der Waals surface area contributed by atoms with Crippen LogP contribution < -0.4 is 15.4 Å². The van der Waals surface area contributed by atoms with Gasteiger partial charge in [0, 0.05) is 51.4 Å². The van der Waals surface area contributed by atoms with Gasteiger partial charge in [0.25, 0.3) is 0 Å². The van der Waals surface area contributed by atoms with Crippen LogP contribution in [0.2, 0.25) is 0 Å². The van der Waals surface area contributed by atoms with Gasteiger partial charge in [-0.3, -0.25) is 4.90 Å². The molecule has 4 rings (SSSR count). The van der Waals surface area contributed by atoms with E-state index in [0.29, 0.717) is 6.61 Å². The largest absolute Gasteiger partial charge is 0.489 e. The summed E-state index contributed by atoms with van der Waals surface area (Å²) in [5.41, 5.74) is 2.13. The molecule has 152 valence electrons. The zero-order chi connectivity index (χ0) is 19.9. The molecule has 5 heteroatoms. The summed E-state index contributed by atoms with van der Waals surface area (Å²) in [5, 5.41) is 9.40. The van der Waals surface area contributed by atoms with Gasteiger partial charge in [0.05, 0.1) is 0 Å². The highest BCUT2D eigenvalue weighted by Crippen LogP contribution is 2.28. The molecular weight excluding hydrogens is 365 g/mol. The molecule has 3 aromatic rings. The van der Waals surface area contributed by atoms with Crippen LogP contribution in [-0.2, 0) is 13.2 Å². The van der Waals surface area contributed by atoms with Gasteiger partial charge in [0.1, 0.15) is 18.2 Å². The maximum atomic E-state index is 13.1. The van der Waals surface area contributed by atoms with E-state index in [-0.39, 0.29) is 5.82 Å². The van der Waals surface area contributed by atoms with Crippen LogP contribution in [0, 0.1) is 5.82 Å². The minimum atomic E-state index is -0.228. The van der Waals surface area contributed by atoms with E-state index >= 15 is 0 Å². The maximum absolute atomic E-state index is 13.1. The van der Waals surface area contributed by atoms with Crippen LogP contribution in [-0.4, -0.2) is 44.2 Å². The van der Waals surface area contributed by atoms with Crippen LogP contribution in [0.1, 0.15) is 11.1 Å². The molecule has 1 fully saturated rings. The van der Waals surface area contributed by atoms with Crippen LogP contribution in [0.25, 0.3) is 10.8 Å². The van der Waals surface area contributed by atoms with Gasteiger partial charge in [-0.05, 0) is 34.5 Å². The fraction of sp³-hybridized carbons (Fsp3) is 0.333. The number of halogens is 1. The first-order chi connectivity index (χ1) is 14.3. The highest BCUT2D eigenvalue weighted by atomic mass is 19.1. The SMILES string of the molecule is Fc1ccc(COc2ccc3ccccc3c2CNCCN2CCNCC2)cc1. The van der Waals surface area contributed by atoms with Crippen LogP contribution in [0.4, 0.5) is 4.39 Å². The molecule has 0 unspecified atom stereocenters. The molecule has 0 atom stereocenters. The Kier molecular flexibility index (Phi) is 6.72. The third-order valence-electron chi connectivity index (χ3n) is 5.42. The minimum absolute atomic E-state index is 0.228. The molecule has 0 bridgehead atoms. The first-order valence-electron chi connectivity index (χ1n) is 10.3. The van der Waals surface area contributed by atoms with E-state index in [4.69, 9.17) is 4.74 Å². The Balaban J connectivity index is 1.44. The molecule has 0 amide bonds. The highest BCUT2D eigenvalue weighted by molar-refractivity contribution is 5.87. The third kappa shape index (κ3) is 5.32. The van der Waals surface area contributed by atoms with Gasteiger partial charge in [0.2, 0.25) is 0 Å². The van der Waals surface area contributed by atoms with Crippen molar-refractivity contribution in [2.75, 3.05) is 39.3 Å². The number of hydrogen-bond acceptors (Lipinski definition) is 4. The molecule has 29 heavy (non-hydrogen) atoms. The topological polar surface area (TPSA) is 36.5 Å². The van der Waals surface area contributed by atoms with Gasteiger partial charge in [-0.2, -0.15) is 0 Å². The molecule has 1 aliphatic rings. The Hall–Kier alpha value is -2.47. The van der Waals surface area contributed by atoms with E-state index in [0.717, 1.165) is 57.1 Å². The molecule has 0 aromatic heterocycles. The van der Waals surface area contributed by atoms with Crippen molar-refractivity contribution in [3.8, 4) is 5.75 Å². The molecule has 0 radical (unpaired) electrons. The van der Waals surface area contributed by atoms with Crippen molar-refractivity contribution in [2.24, 2.45) is 0 Å². The fourth-order valence-electron chi connectivity index (χ4n) is 3.76. The lowest BCUT2D eigenvalue weighted by Crippen LogP contribution is -2.45. The van der Waals surface area contributed by atoms with Crippen LogP contribution in [0.3, 0.4) is 0 Å². The van der Waals surface area contributed by atoms with Crippen LogP contribution in [0.15, 0.2) is 60.7 Å². The third-order valence-corrected chi connectivity index (χ3v) is 5.42. The number of hydrogen-bond donors (Lipinski definition) is 2. The van der Waals surface area contributed by atoms with Crippen molar-refractivity contribution in [2.45, 2.75) is 13.2 Å². The summed E-state index contributed by atoms with van der Waals surface area (Å²) in [5.74, 6) is 0.650.